The number of hydrogen-bond acceptors (Lipinski definition) is 4. The van der Waals surface area contributed by atoms with Crippen LogP contribution >= 0.6 is 0 Å². The van der Waals surface area contributed by atoms with Crippen molar-refractivity contribution in [3.8, 4) is 0 Å². The molecule has 0 aromatic heterocycles. The highest BCUT2D eigenvalue weighted by molar-refractivity contribution is 5.80. The minimum atomic E-state index is 0.301. The van der Waals surface area contributed by atoms with E-state index in [1.54, 1.807) is 0 Å². The lowest BCUT2D eigenvalue weighted by Gasteiger charge is -2.56. The first kappa shape index (κ1) is 14.9. The summed E-state index contributed by atoms with van der Waals surface area (Å²) in [6.45, 7) is 10.1. The molecule has 4 heterocycles. The summed E-state index contributed by atoms with van der Waals surface area (Å²) in [5.41, 5.74) is 0.464. The Morgan fingerprint density at radius 3 is 2.27 bits per heavy atom. The Morgan fingerprint density at radius 2 is 1.68 bits per heavy atom. The van der Waals surface area contributed by atoms with Gasteiger partial charge in [-0.3, -0.25) is 4.79 Å². The molecule has 4 fully saturated rings. The number of nitrogens with one attached hydrogen (secondary N) is 2. The molecule has 0 aliphatic carbocycles. The van der Waals surface area contributed by atoms with E-state index in [0.29, 0.717) is 17.2 Å². The molecule has 0 aromatic carbocycles. The van der Waals surface area contributed by atoms with Gasteiger partial charge in [-0.1, -0.05) is 0 Å². The van der Waals surface area contributed by atoms with Crippen LogP contribution in [-0.2, 0) is 4.79 Å². The Morgan fingerprint density at radius 1 is 1.00 bits per heavy atom. The third-order valence-corrected chi connectivity index (χ3v) is 6.28. The predicted molar refractivity (Wildman–Crippen MR) is 86.6 cm³/mol. The van der Waals surface area contributed by atoms with E-state index < -0.39 is 0 Å². The number of amides is 1. The van der Waals surface area contributed by atoms with Gasteiger partial charge in [0, 0.05) is 44.1 Å². The van der Waals surface area contributed by atoms with E-state index in [2.05, 4.69) is 20.4 Å². The molecule has 0 saturated carbocycles. The highest BCUT2D eigenvalue weighted by atomic mass is 16.2. The summed E-state index contributed by atoms with van der Waals surface area (Å²) in [7, 11) is 0. The molecular formula is C17H30N4O. The van der Waals surface area contributed by atoms with E-state index >= 15 is 0 Å². The molecule has 1 amide bonds. The number of likely N-dealkylation sites (tertiary alicyclic amines) is 2. The molecule has 0 aromatic rings. The summed E-state index contributed by atoms with van der Waals surface area (Å²) in [6, 6.07) is 0. The maximum atomic E-state index is 12.6. The summed E-state index contributed by atoms with van der Waals surface area (Å²) in [6.07, 6.45) is 4.79. The Hall–Kier alpha value is -0.650. The van der Waals surface area contributed by atoms with Crippen LogP contribution in [0, 0.1) is 17.3 Å². The van der Waals surface area contributed by atoms with Gasteiger partial charge in [-0.2, -0.15) is 0 Å². The highest BCUT2D eigenvalue weighted by Crippen LogP contribution is 2.36. The van der Waals surface area contributed by atoms with Gasteiger partial charge in [0.1, 0.15) is 0 Å². The van der Waals surface area contributed by atoms with Crippen LogP contribution in [0.5, 0.6) is 0 Å². The van der Waals surface area contributed by atoms with Crippen LogP contribution in [0.15, 0.2) is 0 Å². The zero-order valence-electron chi connectivity index (χ0n) is 13.6. The maximum absolute atomic E-state index is 12.6. The van der Waals surface area contributed by atoms with Crippen LogP contribution in [-0.4, -0.2) is 74.6 Å². The first-order chi connectivity index (χ1) is 10.7. The second-order valence-electron chi connectivity index (χ2n) is 8.07. The SMILES string of the molecule is O=C(C1CCN(CC2CCNCC2)CC1)N1CC2(CNC2)C1. The molecule has 0 bridgehead atoms. The molecule has 0 atom stereocenters. The van der Waals surface area contributed by atoms with E-state index in [4.69, 9.17) is 0 Å². The van der Waals surface area contributed by atoms with Crippen molar-refractivity contribution in [2.45, 2.75) is 25.7 Å². The molecule has 4 rings (SSSR count). The number of rotatable bonds is 3. The van der Waals surface area contributed by atoms with Gasteiger partial charge in [-0.05, 0) is 57.8 Å². The molecule has 22 heavy (non-hydrogen) atoms. The van der Waals surface area contributed by atoms with Crippen molar-refractivity contribution in [1.29, 1.82) is 0 Å². The quantitative estimate of drug-likeness (QED) is 0.778. The Balaban J connectivity index is 1.19. The van der Waals surface area contributed by atoms with Crippen molar-refractivity contribution < 1.29 is 4.79 Å². The smallest absolute Gasteiger partial charge is 0.225 e. The van der Waals surface area contributed by atoms with E-state index in [1.807, 2.05) is 0 Å². The molecule has 0 unspecified atom stereocenters. The van der Waals surface area contributed by atoms with Gasteiger partial charge in [-0.25, -0.2) is 0 Å². The molecule has 1 spiro atoms. The molecule has 5 nitrogen and oxygen atoms in total. The molecule has 0 radical (unpaired) electrons. The molecule has 4 aliphatic rings. The molecule has 124 valence electrons. The second kappa shape index (κ2) is 6.10. The Labute approximate surface area is 133 Å². The van der Waals surface area contributed by atoms with Crippen LogP contribution in [0.4, 0.5) is 0 Å². The van der Waals surface area contributed by atoms with Crippen LogP contribution in [0.2, 0.25) is 0 Å². The van der Waals surface area contributed by atoms with Gasteiger partial charge >= 0.3 is 0 Å². The lowest BCUT2D eigenvalue weighted by molar-refractivity contribution is -0.152. The monoisotopic (exact) mass is 306 g/mol. The highest BCUT2D eigenvalue weighted by Gasteiger charge is 2.50. The lowest BCUT2D eigenvalue weighted by Crippen LogP contribution is -2.72. The van der Waals surface area contributed by atoms with E-state index in [1.165, 1.54) is 32.5 Å². The average Bonchev–Trinajstić information content (AvgIpc) is 2.46. The van der Waals surface area contributed by atoms with E-state index in [-0.39, 0.29) is 0 Å². The van der Waals surface area contributed by atoms with Crippen LogP contribution < -0.4 is 10.6 Å². The van der Waals surface area contributed by atoms with E-state index in [9.17, 15) is 4.79 Å². The summed E-state index contributed by atoms with van der Waals surface area (Å²) in [5, 5.41) is 6.78. The predicted octanol–water partition coefficient (Wildman–Crippen LogP) is 0.130. The van der Waals surface area contributed by atoms with Crippen molar-refractivity contribution >= 4 is 5.91 Å². The molecular weight excluding hydrogens is 276 g/mol. The average molecular weight is 306 g/mol. The minimum Gasteiger partial charge on any atom is -0.341 e. The first-order valence-electron chi connectivity index (χ1n) is 9.17. The molecule has 4 saturated heterocycles. The van der Waals surface area contributed by atoms with Gasteiger partial charge in [0.15, 0.2) is 0 Å². The van der Waals surface area contributed by atoms with Crippen LogP contribution in [0.1, 0.15) is 25.7 Å². The first-order valence-corrected chi connectivity index (χ1v) is 9.17. The molecule has 2 N–H and O–H groups in total. The fourth-order valence-corrected chi connectivity index (χ4v) is 4.67. The number of nitrogens with zero attached hydrogens (tertiary/aromatic N) is 2. The largest absolute Gasteiger partial charge is 0.341 e. The van der Waals surface area contributed by atoms with Crippen molar-refractivity contribution in [2.24, 2.45) is 17.3 Å². The molecule has 4 aliphatic heterocycles. The van der Waals surface area contributed by atoms with Crippen molar-refractivity contribution in [1.82, 2.24) is 20.4 Å². The zero-order chi connectivity index (χ0) is 15.0. The zero-order valence-corrected chi connectivity index (χ0v) is 13.6. The summed E-state index contributed by atoms with van der Waals surface area (Å²) < 4.78 is 0. The summed E-state index contributed by atoms with van der Waals surface area (Å²) >= 11 is 0. The third kappa shape index (κ3) is 2.91. The number of hydrogen-bond donors (Lipinski definition) is 2. The summed E-state index contributed by atoms with van der Waals surface area (Å²) in [4.78, 5) is 17.3. The van der Waals surface area contributed by atoms with Gasteiger partial charge in [0.05, 0.1) is 0 Å². The van der Waals surface area contributed by atoms with Crippen molar-refractivity contribution in [2.75, 3.05) is 58.9 Å². The fourth-order valence-electron chi connectivity index (χ4n) is 4.67. The van der Waals surface area contributed by atoms with Gasteiger partial charge in [-0.15, -0.1) is 0 Å². The van der Waals surface area contributed by atoms with E-state index in [0.717, 1.165) is 58.0 Å². The topological polar surface area (TPSA) is 47.6 Å². The third-order valence-electron chi connectivity index (χ3n) is 6.28. The number of carbonyl (C=O) groups is 1. The maximum Gasteiger partial charge on any atom is 0.225 e. The van der Waals surface area contributed by atoms with Crippen LogP contribution in [0.3, 0.4) is 0 Å². The van der Waals surface area contributed by atoms with Crippen LogP contribution in [0.25, 0.3) is 0 Å². The minimum absolute atomic E-state index is 0.301. The van der Waals surface area contributed by atoms with Gasteiger partial charge in [0.25, 0.3) is 0 Å². The van der Waals surface area contributed by atoms with Crippen molar-refractivity contribution in [3.63, 3.8) is 0 Å². The normalized spacial score (nSPS) is 30.1. The number of carbonyl (C=O) groups excluding carboxylic acids is 1. The van der Waals surface area contributed by atoms with Gasteiger partial charge in [0.2, 0.25) is 5.91 Å². The number of piperidine rings is 2. The Kier molecular flexibility index (Phi) is 4.13. The fraction of sp³-hybridized carbons (Fsp3) is 0.941. The second-order valence-corrected chi connectivity index (χ2v) is 8.07. The lowest BCUT2D eigenvalue weighted by atomic mass is 9.73. The molecule has 5 heteroatoms. The standard InChI is InChI=1S/C17H30N4O/c22-16(21-12-17(13-21)10-19-11-17)15-3-7-20(8-4-15)9-14-1-5-18-6-2-14/h14-15,18-19H,1-13H2. The Bertz CT molecular complexity index is 401. The van der Waals surface area contributed by atoms with Crippen molar-refractivity contribution in [3.05, 3.63) is 0 Å². The summed E-state index contributed by atoms with van der Waals surface area (Å²) in [5.74, 6) is 1.61. The van der Waals surface area contributed by atoms with Gasteiger partial charge < -0.3 is 20.4 Å².